The fraction of sp³-hybridized carbons (Fsp3) is 0.455. The minimum atomic E-state index is -0.111. The number of rotatable bonds is 4. The molecule has 0 radical (unpaired) electrons. The smallest absolute Gasteiger partial charge is 0.255 e. The second-order valence-corrected chi connectivity index (χ2v) is 3.63. The molecule has 0 aliphatic heterocycles. The minimum Gasteiger partial charge on any atom is -0.335 e. The molecule has 0 aliphatic carbocycles. The first-order valence-corrected chi connectivity index (χ1v) is 5.11. The van der Waals surface area contributed by atoms with Crippen LogP contribution in [0.1, 0.15) is 30.6 Å². The van der Waals surface area contributed by atoms with Crippen LogP contribution in [0.15, 0.2) is 18.5 Å². The summed E-state index contributed by atoms with van der Waals surface area (Å²) in [6, 6.07) is 3.72. The summed E-state index contributed by atoms with van der Waals surface area (Å²) in [5.41, 5.74) is 0.502. The van der Waals surface area contributed by atoms with Crippen LogP contribution in [-0.2, 0) is 0 Å². The van der Waals surface area contributed by atoms with E-state index in [0.29, 0.717) is 18.5 Å². The maximum atomic E-state index is 12.0. The summed E-state index contributed by atoms with van der Waals surface area (Å²) < 4.78 is 0. The van der Waals surface area contributed by atoms with Crippen molar-refractivity contribution >= 4 is 5.91 Å². The highest BCUT2D eigenvalue weighted by Crippen LogP contribution is 2.07. The number of nitrogens with zero attached hydrogens (tertiary/aromatic N) is 4. The first kappa shape index (κ1) is 12.1. The van der Waals surface area contributed by atoms with Crippen molar-refractivity contribution in [3.8, 4) is 6.07 Å². The van der Waals surface area contributed by atoms with Crippen LogP contribution in [0.25, 0.3) is 0 Å². The van der Waals surface area contributed by atoms with E-state index in [4.69, 9.17) is 5.26 Å². The Bertz CT molecular complexity index is 383. The monoisotopic (exact) mass is 218 g/mol. The maximum absolute atomic E-state index is 12.0. The predicted molar refractivity (Wildman–Crippen MR) is 58.4 cm³/mol. The second-order valence-electron chi connectivity index (χ2n) is 3.63. The number of carbonyl (C=O) groups is 1. The van der Waals surface area contributed by atoms with Gasteiger partial charge in [0.1, 0.15) is 0 Å². The topological polar surface area (TPSA) is 69.9 Å². The molecule has 16 heavy (non-hydrogen) atoms. The van der Waals surface area contributed by atoms with Crippen molar-refractivity contribution < 1.29 is 4.79 Å². The average molecular weight is 218 g/mol. The number of hydrogen-bond donors (Lipinski definition) is 0. The lowest BCUT2D eigenvalue weighted by Gasteiger charge is -2.25. The summed E-state index contributed by atoms with van der Waals surface area (Å²) in [6.07, 6.45) is 3.25. The summed E-state index contributed by atoms with van der Waals surface area (Å²) in [5, 5.41) is 15.8. The quantitative estimate of drug-likeness (QED) is 0.762. The fourth-order valence-electron chi connectivity index (χ4n) is 1.35. The Hall–Kier alpha value is -1.96. The number of nitriles is 1. The van der Waals surface area contributed by atoms with Gasteiger partial charge < -0.3 is 4.90 Å². The van der Waals surface area contributed by atoms with Crippen LogP contribution < -0.4 is 0 Å². The minimum absolute atomic E-state index is 0.0639. The fourth-order valence-corrected chi connectivity index (χ4v) is 1.35. The van der Waals surface area contributed by atoms with Crippen LogP contribution in [0.5, 0.6) is 0 Å². The molecule has 5 heteroatoms. The van der Waals surface area contributed by atoms with E-state index in [0.717, 1.165) is 0 Å². The maximum Gasteiger partial charge on any atom is 0.255 e. The summed E-state index contributed by atoms with van der Waals surface area (Å²) >= 11 is 0. The molecular weight excluding hydrogens is 204 g/mol. The Morgan fingerprint density at radius 3 is 2.81 bits per heavy atom. The first-order chi connectivity index (χ1) is 7.66. The zero-order chi connectivity index (χ0) is 12.0. The third-order valence-corrected chi connectivity index (χ3v) is 2.18. The Kier molecular flexibility index (Phi) is 4.40. The molecule has 0 aliphatic rings. The van der Waals surface area contributed by atoms with Crippen LogP contribution >= 0.6 is 0 Å². The zero-order valence-electron chi connectivity index (χ0n) is 9.42. The van der Waals surface area contributed by atoms with E-state index in [1.54, 1.807) is 11.0 Å². The summed E-state index contributed by atoms with van der Waals surface area (Å²) in [7, 11) is 0. The Morgan fingerprint density at radius 1 is 1.56 bits per heavy atom. The molecule has 0 atom stereocenters. The average Bonchev–Trinajstić information content (AvgIpc) is 2.30. The molecule has 1 aromatic rings. The van der Waals surface area contributed by atoms with Crippen LogP contribution in [0.2, 0.25) is 0 Å². The van der Waals surface area contributed by atoms with Crippen molar-refractivity contribution in [2.45, 2.75) is 26.3 Å². The normalized spacial score (nSPS) is 9.88. The Morgan fingerprint density at radius 2 is 2.31 bits per heavy atom. The molecule has 1 amide bonds. The predicted octanol–water partition coefficient (Wildman–Crippen LogP) is 1.24. The molecule has 0 aromatic carbocycles. The van der Waals surface area contributed by atoms with E-state index >= 15 is 0 Å². The van der Waals surface area contributed by atoms with Gasteiger partial charge in [0.05, 0.1) is 30.4 Å². The molecular formula is C11H14N4O. The molecule has 5 nitrogen and oxygen atoms in total. The third kappa shape index (κ3) is 3.02. The van der Waals surface area contributed by atoms with Gasteiger partial charge in [-0.15, -0.1) is 0 Å². The number of carbonyl (C=O) groups excluding carboxylic acids is 1. The van der Waals surface area contributed by atoms with Gasteiger partial charge in [-0.25, -0.2) is 0 Å². The van der Waals surface area contributed by atoms with Crippen molar-refractivity contribution in [1.82, 2.24) is 15.1 Å². The van der Waals surface area contributed by atoms with E-state index in [1.165, 1.54) is 12.4 Å². The lowest BCUT2D eigenvalue weighted by atomic mass is 10.2. The zero-order valence-corrected chi connectivity index (χ0v) is 9.42. The molecule has 0 unspecified atom stereocenters. The molecule has 0 spiro atoms. The van der Waals surface area contributed by atoms with Gasteiger partial charge in [0.2, 0.25) is 0 Å². The van der Waals surface area contributed by atoms with Crippen LogP contribution in [0.4, 0.5) is 0 Å². The molecule has 1 aromatic heterocycles. The molecule has 1 heterocycles. The van der Waals surface area contributed by atoms with Gasteiger partial charge in [0.25, 0.3) is 5.91 Å². The molecule has 0 saturated heterocycles. The van der Waals surface area contributed by atoms with Crippen molar-refractivity contribution in [3.05, 3.63) is 24.0 Å². The van der Waals surface area contributed by atoms with Gasteiger partial charge in [-0.2, -0.15) is 15.5 Å². The first-order valence-electron chi connectivity index (χ1n) is 5.11. The highest BCUT2D eigenvalue weighted by Gasteiger charge is 2.18. The Labute approximate surface area is 94.7 Å². The second kappa shape index (κ2) is 5.81. The number of aromatic nitrogens is 2. The van der Waals surface area contributed by atoms with E-state index in [-0.39, 0.29) is 11.9 Å². The molecule has 1 rings (SSSR count). The molecule has 0 fully saturated rings. The van der Waals surface area contributed by atoms with E-state index < -0.39 is 0 Å². The van der Waals surface area contributed by atoms with Gasteiger partial charge in [-0.1, -0.05) is 0 Å². The van der Waals surface area contributed by atoms with Gasteiger partial charge in [-0.3, -0.25) is 4.79 Å². The summed E-state index contributed by atoms with van der Waals surface area (Å²) in [6.45, 7) is 4.28. The largest absolute Gasteiger partial charge is 0.335 e. The summed E-state index contributed by atoms with van der Waals surface area (Å²) in [5.74, 6) is -0.111. The standard InChI is InChI=1S/C11H14N4O/c1-9(2)15(7-3-5-12)11(16)10-4-6-13-14-8-10/h4,6,8-9H,3,7H2,1-2H3. The van der Waals surface area contributed by atoms with Crippen molar-refractivity contribution in [1.29, 1.82) is 5.26 Å². The van der Waals surface area contributed by atoms with Gasteiger partial charge in [0.15, 0.2) is 0 Å². The number of hydrogen-bond acceptors (Lipinski definition) is 4. The van der Waals surface area contributed by atoms with Crippen LogP contribution in [0.3, 0.4) is 0 Å². The van der Waals surface area contributed by atoms with Crippen LogP contribution in [0, 0.1) is 11.3 Å². The Balaban J connectivity index is 2.80. The molecule has 0 N–H and O–H groups in total. The van der Waals surface area contributed by atoms with E-state index in [2.05, 4.69) is 10.2 Å². The van der Waals surface area contributed by atoms with E-state index in [9.17, 15) is 4.79 Å². The van der Waals surface area contributed by atoms with Crippen molar-refractivity contribution in [2.75, 3.05) is 6.54 Å². The highest BCUT2D eigenvalue weighted by atomic mass is 16.2. The van der Waals surface area contributed by atoms with Crippen molar-refractivity contribution in [3.63, 3.8) is 0 Å². The highest BCUT2D eigenvalue weighted by molar-refractivity contribution is 5.93. The van der Waals surface area contributed by atoms with Gasteiger partial charge in [-0.05, 0) is 19.9 Å². The van der Waals surface area contributed by atoms with Gasteiger partial charge in [0, 0.05) is 12.6 Å². The van der Waals surface area contributed by atoms with E-state index in [1.807, 2.05) is 19.9 Å². The SMILES string of the molecule is CC(C)N(CCC#N)C(=O)c1ccnnc1. The lowest BCUT2D eigenvalue weighted by molar-refractivity contribution is 0.0709. The number of amides is 1. The van der Waals surface area contributed by atoms with Crippen LogP contribution in [-0.4, -0.2) is 33.6 Å². The third-order valence-electron chi connectivity index (χ3n) is 2.18. The summed E-state index contributed by atoms with van der Waals surface area (Å²) in [4.78, 5) is 13.7. The lowest BCUT2D eigenvalue weighted by Crippen LogP contribution is -2.37. The molecule has 84 valence electrons. The van der Waals surface area contributed by atoms with Crippen molar-refractivity contribution in [2.24, 2.45) is 0 Å². The van der Waals surface area contributed by atoms with Gasteiger partial charge >= 0.3 is 0 Å². The molecule has 0 bridgehead atoms. The molecule has 0 saturated carbocycles.